The number of nitrogens with one attached hydrogen (secondary N) is 1. The van der Waals surface area contributed by atoms with Crippen LogP contribution in [0.1, 0.15) is 39.3 Å². The van der Waals surface area contributed by atoms with Gasteiger partial charge in [-0.1, -0.05) is 12.1 Å². The number of nitrogens with zero attached hydrogens (tertiary/aromatic N) is 5. The van der Waals surface area contributed by atoms with Crippen LogP contribution in [0.2, 0.25) is 0 Å². The number of aliphatic hydroxyl groups is 1. The number of halogens is 2. The van der Waals surface area contributed by atoms with Gasteiger partial charge in [-0.25, -0.2) is 14.8 Å². The molecular formula is C29H39F2N7O4. The number of likely N-dealkylation sites (tertiary alicyclic amines) is 1. The van der Waals surface area contributed by atoms with E-state index in [1.807, 2.05) is 44.2 Å². The summed E-state index contributed by atoms with van der Waals surface area (Å²) in [6.45, 7) is 9.70. The molecule has 13 heteroatoms. The van der Waals surface area contributed by atoms with Gasteiger partial charge in [0.25, 0.3) is 0 Å². The van der Waals surface area contributed by atoms with Gasteiger partial charge in [-0.3, -0.25) is 4.90 Å². The van der Waals surface area contributed by atoms with E-state index in [0.29, 0.717) is 37.7 Å². The maximum absolute atomic E-state index is 11.2. The minimum atomic E-state index is -3.58. The molecule has 1 aromatic carbocycles. The molecule has 2 fully saturated rings. The lowest BCUT2D eigenvalue weighted by Gasteiger charge is -2.37. The number of benzene rings is 1. The summed E-state index contributed by atoms with van der Waals surface area (Å²) in [5, 5.41) is 21.1. The van der Waals surface area contributed by atoms with E-state index in [1.54, 1.807) is 0 Å². The molecule has 4 heterocycles. The summed E-state index contributed by atoms with van der Waals surface area (Å²) in [5.74, 6) is -4.01. The van der Waals surface area contributed by atoms with E-state index >= 15 is 0 Å². The molecular weight excluding hydrogens is 548 g/mol. The molecule has 3 aromatic rings. The lowest BCUT2D eigenvalue weighted by Crippen LogP contribution is -2.41. The van der Waals surface area contributed by atoms with Crippen molar-refractivity contribution in [2.24, 2.45) is 5.92 Å². The van der Waals surface area contributed by atoms with Crippen LogP contribution in [0.25, 0.3) is 11.0 Å². The number of fused-ring (bicyclic) bond motifs is 1. The molecule has 11 nitrogen and oxygen atoms in total. The van der Waals surface area contributed by atoms with Gasteiger partial charge < -0.3 is 30.9 Å². The second kappa shape index (κ2) is 13.1. The molecule has 0 atom stereocenters. The largest absolute Gasteiger partial charge is 0.477 e. The Morgan fingerprint density at radius 2 is 1.69 bits per heavy atom. The molecule has 0 radical (unpaired) electrons. The molecule has 0 saturated carbocycles. The van der Waals surface area contributed by atoms with Crippen LogP contribution in [0.15, 0.2) is 36.4 Å². The smallest absolute Gasteiger partial charge is 0.374 e. The summed E-state index contributed by atoms with van der Waals surface area (Å²) >= 11 is 0. The van der Waals surface area contributed by atoms with Gasteiger partial charge in [-0.05, 0) is 70.0 Å². The Morgan fingerprint density at radius 3 is 2.29 bits per heavy atom. The van der Waals surface area contributed by atoms with Crippen molar-refractivity contribution < 1.29 is 28.5 Å². The highest BCUT2D eigenvalue weighted by atomic mass is 19.3. The lowest BCUT2D eigenvalue weighted by molar-refractivity contribution is -0.161. The number of aromatic nitrogens is 3. The molecule has 2 aliphatic heterocycles. The van der Waals surface area contributed by atoms with E-state index < -0.39 is 17.5 Å². The van der Waals surface area contributed by atoms with Gasteiger partial charge in [-0.15, -0.1) is 0 Å². The van der Waals surface area contributed by atoms with Crippen molar-refractivity contribution in [3.63, 3.8) is 0 Å². The van der Waals surface area contributed by atoms with Crippen molar-refractivity contribution >= 4 is 40.1 Å². The monoisotopic (exact) mass is 587 g/mol. The van der Waals surface area contributed by atoms with E-state index in [4.69, 9.17) is 30.5 Å². The lowest BCUT2D eigenvalue weighted by atomic mass is 9.83. The number of carbonyl (C=O) groups is 1. The predicted octanol–water partition coefficient (Wildman–Crippen LogP) is 3.90. The summed E-state index contributed by atoms with van der Waals surface area (Å²) in [4.78, 5) is 28.6. The van der Waals surface area contributed by atoms with Gasteiger partial charge in [0.05, 0.1) is 41.4 Å². The normalized spacial score (nSPS) is 17.0. The van der Waals surface area contributed by atoms with Crippen molar-refractivity contribution in [3.05, 3.63) is 42.1 Å². The molecule has 0 bridgehead atoms. The zero-order valence-corrected chi connectivity index (χ0v) is 24.2. The Balaban J connectivity index is 0.000000517. The molecule has 5 N–H and O–H groups in total. The highest BCUT2D eigenvalue weighted by Crippen LogP contribution is 2.30. The topological polar surface area (TPSA) is 150 Å². The molecule has 5 rings (SSSR count). The summed E-state index contributed by atoms with van der Waals surface area (Å²) < 4.78 is 28.1. The number of pyridine rings is 1. The first kappa shape index (κ1) is 31.3. The molecule has 228 valence electrons. The van der Waals surface area contributed by atoms with Crippen molar-refractivity contribution in [2.75, 3.05) is 55.3 Å². The van der Waals surface area contributed by atoms with E-state index in [9.17, 15) is 18.7 Å². The van der Waals surface area contributed by atoms with Crippen molar-refractivity contribution in [1.82, 2.24) is 19.9 Å². The first-order valence-electron chi connectivity index (χ1n) is 14.0. The number of aliphatic carboxylic acids is 1. The Kier molecular flexibility index (Phi) is 9.74. The van der Waals surface area contributed by atoms with Gasteiger partial charge in [0.1, 0.15) is 5.52 Å². The van der Waals surface area contributed by atoms with Crippen LogP contribution in [0.4, 0.5) is 31.9 Å². The third-order valence-corrected chi connectivity index (χ3v) is 7.45. The maximum atomic E-state index is 11.2. The summed E-state index contributed by atoms with van der Waals surface area (Å²) in [5.41, 5.74) is 9.54. The van der Waals surface area contributed by atoms with Crippen LogP contribution in [0, 0.1) is 5.92 Å². The summed E-state index contributed by atoms with van der Waals surface area (Å²) in [6.07, 6.45) is 1.99. The number of hydrogen-bond donors (Lipinski definition) is 4. The summed E-state index contributed by atoms with van der Waals surface area (Å²) in [6, 6.07) is 11.7. The van der Waals surface area contributed by atoms with E-state index in [-0.39, 0.29) is 0 Å². The van der Waals surface area contributed by atoms with Gasteiger partial charge >= 0.3 is 11.9 Å². The van der Waals surface area contributed by atoms with Gasteiger partial charge in [0.2, 0.25) is 5.95 Å². The zero-order chi connectivity index (χ0) is 30.5. The maximum Gasteiger partial charge on any atom is 0.374 e. The molecule has 42 heavy (non-hydrogen) atoms. The third-order valence-electron chi connectivity index (χ3n) is 7.45. The predicted molar refractivity (Wildman–Crippen MR) is 157 cm³/mol. The van der Waals surface area contributed by atoms with Gasteiger partial charge in [0, 0.05) is 26.6 Å². The molecule has 0 amide bonds. The number of alkyl halides is 2. The number of carboxylic acid groups (broad SMARTS) is 1. The van der Waals surface area contributed by atoms with E-state index in [0.717, 1.165) is 73.8 Å². The van der Waals surface area contributed by atoms with Crippen molar-refractivity contribution in [3.8, 4) is 0 Å². The second-order valence-electron chi connectivity index (χ2n) is 11.3. The van der Waals surface area contributed by atoms with Crippen LogP contribution in [-0.4, -0.2) is 87.0 Å². The standard InChI is InChI=1S/C26H35N7O2.C3H4F2O2/c1-26(2,34)18-9-11-32(12-10-18)17-19-7-8-22-23(28-19)24(33-13-15-35-16-14-33)31-25(30-22)29-21-6-4-3-5-20(21)27;1-3(4,5)2(6)7/h3-8,18,34H,9-17,27H2,1-2H3,(H,29,30,31);1H3,(H,6,7). The van der Waals surface area contributed by atoms with Crippen LogP contribution < -0.4 is 16.0 Å². The fraction of sp³-hybridized carbons (Fsp3) is 0.517. The van der Waals surface area contributed by atoms with Crippen LogP contribution in [0.5, 0.6) is 0 Å². The molecule has 2 saturated heterocycles. The minimum absolute atomic E-state index is 0.329. The fourth-order valence-electron chi connectivity index (χ4n) is 4.94. The number of morpholine rings is 1. The molecule has 0 aliphatic carbocycles. The molecule has 0 unspecified atom stereocenters. The quantitative estimate of drug-likeness (QED) is 0.298. The highest BCUT2D eigenvalue weighted by molar-refractivity contribution is 5.87. The number of anilines is 4. The Bertz CT molecular complexity index is 1370. The SMILES string of the molecule is CC(C)(O)C1CCN(Cc2ccc3nc(Nc4ccccc4N)nc(N4CCOCC4)c3n2)CC1.CC(F)(F)C(=O)O. The number of nitrogens with two attached hydrogens (primary N) is 1. The molecule has 0 spiro atoms. The molecule has 2 aliphatic rings. The summed E-state index contributed by atoms with van der Waals surface area (Å²) in [7, 11) is 0. The van der Waals surface area contributed by atoms with Gasteiger partial charge in [0.15, 0.2) is 5.82 Å². The van der Waals surface area contributed by atoms with Crippen LogP contribution in [-0.2, 0) is 16.1 Å². The first-order chi connectivity index (χ1) is 19.8. The average molecular weight is 588 g/mol. The van der Waals surface area contributed by atoms with Crippen LogP contribution in [0.3, 0.4) is 0 Å². The van der Waals surface area contributed by atoms with Crippen LogP contribution >= 0.6 is 0 Å². The zero-order valence-electron chi connectivity index (χ0n) is 24.2. The number of nitrogen functional groups attached to an aromatic ring is 1. The third kappa shape index (κ3) is 8.20. The first-order valence-corrected chi connectivity index (χ1v) is 14.0. The Morgan fingerprint density at radius 1 is 1.05 bits per heavy atom. The number of piperidine rings is 1. The second-order valence-corrected chi connectivity index (χ2v) is 11.3. The Hall–Kier alpha value is -3.68. The highest BCUT2D eigenvalue weighted by Gasteiger charge is 2.31. The fourth-order valence-corrected chi connectivity index (χ4v) is 4.94. The number of para-hydroxylation sites is 2. The minimum Gasteiger partial charge on any atom is -0.477 e. The van der Waals surface area contributed by atoms with E-state index in [2.05, 4.69) is 21.2 Å². The number of ether oxygens (including phenoxy) is 1. The number of hydrogen-bond acceptors (Lipinski definition) is 10. The van der Waals surface area contributed by atoms with Crippen molar-refractivity contribution in [2.45, 2.75) is 51.7 Å². The Labute approximate surface area is 243 Å². The van der Waals surface area contributed by atoms with Crippen molar-refractivity contribution in [1.29, 1.82) is 0 Å². The average Bonchev–Trinajstić information content (AvgIpc) is 2.94. The number of carboxylic acids is 1. The van der Waals surface area contributed by atoms with Gasteiger partial charge in [-0.2, -0.15) is 13.8 Å². The molecule has 2 aromatic heterocycles. The number of rotatable bonds is 7. The van der Waals surface area contributed by atoms with E-state index in [1.165, 1.54) is 0 Å².